The van der Waals surface area contributed by atoms with Gasteiger partial charge in [-0.15, -0.1) is 0 Å². The van der Waals surface area contributed by atoms with Gasteiger partial charge in [-0.2, -0.15) is 0 Å². The summed E-state index contributed by atoms with van der Waals surface area (Å²) in [6, 6.07) is 9.26. The van der Waals surface area contributed by atoms with E-state index in [4.69, 9.17) is 18.8 Å². The fraction of sp³-hybridized carbons (Fsp3) is 0.692. The van der Waals surface area contributed by atoms with Crippen molar-refractivity contribution >= 4 is 19.1 Å². The third kappa shape index (κ3) is 8.22. The molecule has 0 aromatic heterocycles. The molecule has 1 aromatic carbocycles. The second-order valence-electron chi connectivity index (χ2n) is 11.5. The molecule has 0 unspecified atom stereocenters. The molecule has 1 aliphatic heterocycles. The Hall–Kier alpha value is -2.10. The van der Waals surface area contributed by atoms with Gasteiger partial charge >= 0.3 is 13.2 Å². The largest absolute Gasteiger partial charge is 0.484 e. The number of alkyl carbamates (subject to hydrolysis) is 1. The second-order valence-corrected chi connectivity index (χ2v) is 11.5. The van der Waals surface area contributed by atoms with Gasteiger partial charge in [0, 0.05) is 7.11 Å². The van der Waals surface area contributed by atoms with Crippen LogP contribution in [0.3, 0.4) is 0 Å². The first-order chi connectivity index (χ1) is 16.1. The quantitative estimate of drug-likeness (QED) is 0.481. The molecule has 35 heavy (non-hydrogen) atoms. The molecular weight excluding hydrogens is 447 g/mol. The van der Waals surface area contributed by atoms with E-state index < -0.39 is 47.4 Å². The molecular formula is C26H43BN2O6. The molecule has 1 aromatic rings. The maximum Gasteiger partial charge on any atom is 0.484 e. The molecule has 196 valence electrons. The van der Waals surface area contributed by atoms with E-state index in [1.165, 1.54) is 12.7 Å². The van der Waals surface area contributed by atoms with Gasteiger partial charge in [0.15, 0.2) is 0 Å². The minimum absolute atomic E-state index is 0.00542. The standard InChI is InChI=1S/C26H43BN2O6/c1-23(2,3)33-22(31)28-20(18-32-9)21(30)29-26(8,17-13-16-19-14-11-10-12-15-19)27-34-24(4,5)25(6,7)35-27/h10-12,14-15,20H,13,16-18H2,1-9H3,(H,28,31)(H,29,30)/t20-,26+/m1/s1. The minimum Gasteiger partial charge on any atom is -0.444 e. The van der Waals surface area contributed by atoms with Gasteiger partial charge in [-0.05, 0) is 80.2 Å². The number of carbonyl (C=O) groups excluding carboxylic acids is 2. The van der Waals surface area contributed by atoms with Gasteiger partial charge in [0.1, 0.15) is 11.6 Å². The van der Waals surface area contributed by atoms with Crippen LogP contribution in [0.2, 0.25) is 0 Å². The lowest BCUT2D eigenvalue weighted by Crippen LogP contribution is -2.63. The number of nitrogens with one attached hydrogen (secondary N) is 2. The molecule has 1 heterocycles. The van der Waals surface area contributed by atoms with Crippen molar-refractivity contribution in [3.05, 3.63) is 35.9 Å². The lowest BCUT2D eigenvalue weighted by atomic mass is 9.62. The summed E-state index contributed by atoms with van der Waals surface area (Å²) in [5, 5.41) is 5.73. The number of rotatable bonds is 10. The zero-order chi connectivity index (χ0) is 26.5. The Bertz CT molecular complexity index is 839. The monoisotopic (exact) mass is 490 g/mol. The fourth-order valence-corrected chi connectivity index (χ4v) is 3.81. The van der Waals surface area contributed by atoms with E-state index >= 15 is 0 Å². The summed E-state index contributed by atoms with van der Waals surface area (Å²) >= 11 is 0. The Morgan fingerprint density at radius 1 is 1.03 bits per heavy atom. The zero-order valence-corrected chi connectivity index (χ0v) is 22.8. The number of carbonyl (C=O) groups is 2. The molecule has 9 heteroatoms. The third-order valence-electron chi connectivity index (χ3n) is 6.53. The van der Waals surface area contributed by atoms with Crippen molar-refractivity contribution in [3.8, 4) is 0 Å². The molecule has 1 aliphatic rings. The maximum absolute atomic E-state index is 13.4. The van der Waals surface area contributed by atoms with Crippen molar-refractivity contribution in [3.63, 3.8) is 0 Å². The molecule has 0 saturated carbocycles. The van der Waals surface area contributed by atoms with Crippen LogP contribution in [-0.2, 0) is 30.0 Å². The van der Waals surface area contributed by atoms with Crippen LogP contribution in [0.25, 0.3) is 0 Å². The predicted molar refractivity (Wildman–Crippen MR) is 137 cm³/mol. The topological polar surface area (TPSA) is 95.1 Å². The van der Waals surface area contributed by atoms with Crippen molar-refractivity contribution in [2.24, 2.45) is 0 Å². The van der Waals surface area contributed by atoms with Gasteiger partial charge in [0.25, 0.3) is 0 Å². The molecule has 2 rings (SSSR count). The van der Waals surface area contributed by atoms with Crippen molar-refractivity contribution in [1.29, 1.82) is 0 Å². The van der Waals surface area contributed by atoms with E-state index in [1.807, 2.05) is 52.8 Å². The van der Waals surface area contributed by atoms with E-state index in [0.29, 0.717) is 6.42 Å². The Morgan fingerprint density at radius 3 is 2.11 bits per heavy atom. The summed E-state index contributed by atoms with van der Waals surface area (Å²) in [5.41, 5.74) is -1.42. The van der Waals surface area contributed by atoms with Gasteiger partial charge in [-0.3, -0.25) is 4.79 Å². The molecule has 2 atom stereocenters. The highest BCUT2D eigenvalue weighted by Gasteiger charge is 2.58. The van der Waals surface area contributed by atoms with Crippen LogP contribution in [-0.4, -0.2) is 61.1 Å². The first-order valence-electron chi connectivity index (χ1n) is 12.3. The molecule has 8 nitrogen and oxygen atoms in total. The predicted octanol–water partition coefficient (Wildman–Crippen LogP) is 4.06. The second kappa shape index (κ2) is 11.3. The highest BCUT2D eigenvalue weighted by atomic mass is 16.7. The zero-order valence-electron chi connectivity index (χ0n) is 22.8. The molecule has 1 fully saturated rings. The van der Waals surface area contributed by atoms with Gasteiger partial charge in [-0.25, -0.2) is 4.79 Å². The number of hydrogen-bond acceptors (Lipinski definition) is 6. The van der Waals surface area contributed by atoms with Crippen molar-refractivity contribution < 1.29 is 28.4 Å². The van der Waals surface area contributed by atoms with Crippen LogP contribution >= 0.6 is 0 Å². The Balaban J connectivity index is 2.20. The van der Waals surface area contributed by atoms with Crippen LogP contribution in [0.4, 0.5) is 4.79 Å². The van der Waals surface area contributed by atoms with Gasteiger partial charge in [0.2, 0.25) is 5.91 Å². The number of amides is 2. The number of ether oxygens (including phenoxy) is 2. The van der Waals surface area contributed by atoms with Crippen molar-refractivity contribution in [2.75, 3.05) is 13.7 Å². The number of methoxy groups -OCH3 is 1. The first kappa shape index (κ1) is 29.1. The summed E-state index contributed by atoms with van der Waals surface area (Å²) in [6.07, 6.45) is 1.58. The van der Waals surface area contributed by atoms with Crippen molar-refractivity contribution in [1.82, 2.24) is 10.6 Å². The van der Waals surface area contributed by atoms with Gasteiger partial charge in [-0.1, -0.05) is 30.3 Å². The van der Waals surface area contributed by atoms with Crippen LogP contribution in [0.1, 0.15) is 73.8 Å². The Labute approximate surface area is 210 Å². The summed E-state index contributed by atoms with van der Waals surface area (Å²) in [6.45, 7) is 15.1. The molecule has 0 spiro atoms. The number of aryl methyl sites for hydroxylation is 1. The SMILES string of the molecule is COC[C@@H](NC(=O)OC(C)(C)C)C(=O)N[C@@](C)(CCCc1ccccc1)B1OC(C)(C)C(C)(C)O1. The summed E-state index contributed by atoms with van der Waals surface area (Å²) in [5.74, 6) is -0.394. The van der Waals surface area contributed by atoms with E-state index in [9.17, 15) is 9.59 Å². The molecule has 0 bridgehead atoms. The van der Waals surface area contributed by atoms with Crippen LogP contribution in [0, 0.1) is 0 Å². The summed E-state index contributed by atoms with van der Waals surface area (Å²) in [7, 11) is 0.807. The number of benzene rings is 1. The van der Waals surface area contributed by atoms with Crippen LogP contribution in [0.5, 0.6) is 0 Å². The van der Waals surface area contributed by atoms with Crippen LogP contribution < -0.4 is 10.6 Å². The van der Waals surface area contributed by atoms with E-state index in [-0.39, 0.29) is 6.61 Å². The summed E-state index contributed by atoms with van der Waals surface area (Å²) < 4.78 is 23.2. The smallest absolute Gasteiger partial charge is 0.444 e. The highest BCUT2D eigenvalue weighted by Crippen LogP contribution is 2.40. The van der Waals surface area contributed by atoms with Crippen molar-refractivity contribution in [2.45, 2.75) is 103 Å². The first-order valence-corrected chi connectivity index (χ1v) is 12.3. The normalized spacial score (nSPS) is 19.5. The molecule has 1 saturated heterocycles. The average Bonchev–Trinajstić information content (AvgIpc) is 2.94. The average molecular weight is 490 g/mol. The van der Waals surface area contributed by atoms with E-state index in [2.05, 4.69) is 22.8 Å². The maximum atomic E-state index is 13.4. The third-order valence-corrected chi connectivity index (χ3v) is 6.53. The molecule has 2 N–H and O–H groups in total. The van der Waals surface area contributed by atoms with E-state index in [1.54, 1.807) is 20.8 Å². The lowest BCUT2D eigenvalue weighted by molar-refractivity contribution is -0.125. The minimum atomic E-state index is -0.939. The fourth-order valence-electron chi connectivity index (χ4n) is 3.81. The van der Waals surface area contributed by atoms with E-state index in [0.717, 1.165) is 12.8 Å². The highest BCUT2D eigenvalue weighted by molar-refractivity contribution is 6.50. The molecule has 0 radical (unpaired) electrons. The van der Waals surface area contributed by atoms with Gasteiger partial charge in [0.05, 0.1) is 23.2 Å². The lowest BCUT2D eigenvalue weighted by Gasteiger charge is -2.34. The molecule has 2 amide bonds. The number of hydrogen-bond donors (Lipinski definition) is 2. The summed E-state index contributed by atoms with van der Waals surface area (Å²) in [4.78, 5) is 25.7. The van der Waals surface area contributed by atoms with Gasteiger partial charge < -0.3 is 29.4 Å². The Morgan fingerprint density at radius 2 is 1.60 bits per heavy atom. The van der Waals surface area contributed by atoms with Crippen LogP contribution in [0.15, 0.2) is 30.3 Å². The molecule has 0 aliphatic carbocycles. The Kier molecular flexibility index (Phi) is 9.42.